The molecule has 0 spiro atoms. The third kappa shape index (κ3) is 4.54. The zero-order chi connectivity index (χ0) is 22.5. The molecule has 0 aliphatic rings. The van der Waals surface area contributed by atoms with Gasteiger partial charge in [-0.25, -0.2) is 15.2 Å². The number of nitrogens with one attached hydrogen (secondary N) is 1. The van der Waals surface area contributed by atoms with Crippen LogP contribution in [0.25, 0.3) is 11.0 Å². The molecule has 32 heavy (non-hydrogen) atoms. The second-order valence-electron chi connectivity index (χ2n) is 7.11. The highest BCUT2D eigenvalue weighted by molar-refractivity contribution is 6.13. The Kier molecular flexibility index (Phi) is 6.03. The highest BCUT2D eigenvalue weighted by Crippen LogP contribution is 2.17. The molecule has 0 saturated carbocycles. The van der Waals surface area contributed by atoms with Gasteiger partial charge < -0.3 is 4.74 Å². The number of rotatable bonds is 6. The zero-order valence-electron chi connectivity index (χ0n) is 17.6. The molecular formula is C24H21N5O3. The molecule has 0 aliphatic heterocycles. The predicted octanol–water partition coefficient (Wildman–Crippen LogP) is 3.00. The van der Waals surface area contributed by atoms with E-state index in [0.717, 1.165) is 22.2 Å². The minimum atomic E-state index is -0.645. The number of ether oxygens (including phenoxy) is 1. The van der Waals surface area contributed by atoms with Gasteiger partial charge in [-0.1, -0.05) is 60.7 Å². The molecular weight excluding hydrogens is 406 g/mol. The van der Waals surface area contributed by atoms with E-state index in [4.69, 9.17) is 4.74 Å². The summed E-state index contributed by atoms with van der Waals surface area (Å²) < 4.78 is 6.78. The second kappa shape index (κ2) is 9.22. The van der Waals surface area contributed by atoms with Crippen LogP contribution in [-0.2, 0) is 16.6 Å². The summed E-state index contributed by atoms with van der Waals surface area (Å²) in [5.74, 6) is -1.19. The van der Waals surface area contributed by atoms with E-state index < -0.39 is 18.5 Å². The van der Waals surface area contributed by atoms with Gasteiger partial charge in [0.1, 0.15) is 0 Å². The first-order valence-electron chi connectivity index (χ1n) is 9.97. The van der Waals surface area contributed by atoms with Crippen LogP contribution in [0, 0.1) is 6.92 Å². The number of aromatic nitrogens is 3. The average Bonchev–Trinajstić information content (AvgIpc) is 3.11. The van der Waals surface area contributed by atoms with Gasteiger partial charge in [-0.3, -0.25) is 9.48 Å². The Bertz CT molecular complexity index is 1260. The summed E-state index contributed by atoms with van der Waals surface area (Å²) in [5.41, 5.74) is 6.45. The molecule has 1 N–H and O–H groups in total. The van der Waals surface area contributed by atoms with Crippen LogP contribution >= 0.6 is 0 Å². The van der Waals surface area contributed by atoms with Gasteiger partial charge in [0.15, 0.2) is 12.3 Å². The second-order valence-corrected chi connectivity index (χ2v) is 7.11. The van der Waals surface area contributed by atoms with Crippen molar-refractivity contribution >= 4 is 28.6 Å². The fraction of sp³-hybridized carbons (Fsp3) is 0.125. The predicted molar refractivity (Wildman–Crippen MR) is 120 cm³/mol. The molecule has 1 amide bonds. The summed E-state index contributed by atoms with van der Waals surface area (Å²) >= 11 is 0. The Labute approximate surface area is 184 Å². The van der Waals surface area contributed by atoms with Crippen LogP contribution in [0.4, 0.5) is 0 Å². The highest BCUT2D eigenvalue weighted by atomic mass is 16.5. The number of hydrazone groups is 1. The van der Waals surface area contributed by atoms with Crippen molar-refractivity contribution in [1.82, 2.24) is 20.2 Å². The molecule has 0 atom stereocenters. The molecule has 0 bridgehead atoms. The first kappa shape index (κ1) is 20.9. The van der Waals surface area contributed by atoms with Crippen LogP contribution in [0.5, 0.6) is 0 Å². The van der Waals surface area contributed by atoms with Crippen LogP contribution < -0.4 is 5.43 Å². The molecule has 8 nitrogen and oxygen atoms in total. The molecule has 2 heterocycles. The first-order valence-corrected chi connectivity index (χ1v) is 9.97. The fourth-order valence-corrected chi connectivity index (χ4v) is 3.27. The SMILES string of the molecule is Cc1nn(C)c2ncc(C(=O)OCC(=O)NN=C(c3ccccc3)c3ccccc3)cc12. The Morgan fingerprint density at radius 3 is 2.25 bits per heavy atom. The summed E-state index contributed by atoms with van der Waals surface area (Å²) in [7, 11) is 1.78. The summed E-state index contributed by atoms with van der Waals surface area (Å²) in [5, 5.41) is 9.31. The van der Waals surface area contributed by atoms with Crippen molar-refractivity contribution in [3.05, 3.63) is 95.3 Å². The van der Waals surface area contributed by atoms with E-state index in [-0.39, 0.29) is 5.56 Å². The van der Waals surface area contributed by atoms with Crippen molar-refractivity contribution in [1.29, 1.82) is 0 Å². The number of aryl methyl sites for hydroxylation is 2. The number of hydrogen-bond acceptors (Lipinski definition) is 6. The number of amides is 1. The molecule has 8 heteroatoms. The maximum Gasteiger partial charge on any atom is 0.340 e. The largest absolute Gasteiger partial charge is 0.452 e. The monoisotopic (exact) mass is 427 g/mol. The van der Waals surface area contributed by atoms with Gasteiger partial charge in [0, 0.05) is 29.8 Å². The van der Waals surface area contributed by atoms with E-state index in [1.54, 1.807) is 17.8 Å². The summed E-state index contributed by atoms with van der Waals surface area (Å²) in [6.07, 6.45) is 1.41. The van der Waals surface area contributed by atoms with E-state index >= 15 is 0 Å². The molecule has 0 saturated heterocycles. The Balaban J connectivity index is 1.44. The minimum absolute atomic E-state index is 0.249. The van der Waals surface area contributed by atoms with Crippen molar-refractivity contribution in [3.8, 4) is 0 Å². The molecule has 0 unspecified atom stereocenters. The average molecular weight is 427 g/mol. The first-order chi connectivity index (χ1) is 15.5. The lowest BCUT2D eigenvalue weighted by molar-refractivity contribution is -0.124. The van der Waals surface area contributed by atoms with Gasteiger partial charge in [0.2, 0.25) is 0 Å². The Hall–Kier alpha value is -4.33. The Morgan fingerprint density at radius 1 is 1.00 bits per heavy atom. The van der Waals surface area contributed by atoms with Crippen molar-refractivity contribution in [2.75, 3.05) is 6.61 Å². The lowest BCUT2D eigenvalue weighted by atomic mass is 10.0. The molecule has 0 radical (unpaired) electrons. The van der Waals surface area contributed by atoms with Gasteiger partial charge in [0.25, 0.3) is 5.91 Å². The molecule has 2 aromatic heterocycles. The summed E-state index contributed by atoms with van der Waals surface area (Å²) in [4.78, 5) is 28.9. The van der Waals surface area contributed by atoms with E-state index in [1.165, 1.54) is 6.20 Å². The third-order valence-corrected chi connectivity index (χ3v) is 4.82. The molecule has 0 fully saturated rings. The van der Waals surface area contributed by atoms with Gasteiger partial charge >= 0.3 is 5.97 Å². The van der Waals surface area contributed by atoms with Crippen molar-refractivity contribution in [2.24, 2.45) is 12.1 Å². The number of nitrogens with zero attached hydrogens (tertiary/aromatic N) is 4. The number of hydrogen-bond donors (Lipinski definition) is 1. The Morgan fingerprint density at radius 2 is 1.62 bits per heavy atom. The summed E-state index contributed by atoms with van der Waals surface area (Å²) in [6.45, 7) is 1.37. The number of esters is 1. The number of carbonyl (C=O) groups is 2. The van der Waals surface area contributed by atoms with Crippen molar-refractivity contribution in [2.45, 2.75) is 6.92 Å². The third-order valence-electron chi connectivity index (χ3n) is 4.82. The van der Waals surface area contributed by atoms with Crippen LogP contribution in [0.2, 0.25) is 0 Å². The quantitative estimate of drug-likeness (QED) is 0.290. The normalized spacial score (nSPS) is 10.6. The van der Waals surface area contributed by atoms with E-state index in [2.05, 4.69) is 20.6 Å². The van der Waals surface area contributed by atoms with Crippen molar-refractivity contribution in [3.63, 3.8) is 0 Å². The molecule has 4 rings (SSSR count). The minimum Gasteiger partial charge on any atom is -0.452 e. The van der Waals surface area contributed by atoms with E-state index in [0.29, 0.717) is 11.4 Å². The van der Waals surface area contributed by atoms with Crippen LogP contribution in [-0.4, -0.2) is 39.0 Å². The molecule has 2 aromatic carbocycles. The van der Waals surface area contributed by atoms with Gasteiger partial charge in [-0.2, -0.15) is 10.2 Å². The van der Waals surface area contributed by atoms with E-state index in [9.17, 15) is 9.59 Å². The number of pyridine rings is 1. The lowest BCUT2D eigenvalue weighted by Gasteiger charge is -2.08. The standard InChI is InChI=1S/C24H21N5O3/c1-16-20-13-19(14-25-23(20)29(2)28-16)24(31)32-15-21(30)26-27-22(17-9-5-3-6-10-17)18-11-7-4-8-12-18/h3-14H,15H2,1-2H3,(H,26,30). The van der Waals surface area contributed by atoms with E-state index in [1.807, 2.05) is 67.6 Å². The number of carbonyl (C=O) groups excluding carboxylic acids is 2. The topological polar surface area (TPSA) is 98.5 Å². The smallest absolute Gasteiger partial charge is 0.340 e. The van der Waals surface area contributed by atoms with Crippen LogP contribution in [0.3, 0.4) is 0 Å². The van der Waals surface area contributed by atoms with Crippen LogP contribution in [0.1, 0.15) is 27.2 Å². The van der Waals surface area contributed by atoms with Gasteiger partial charge in [-0.15, -0.1) is 0 Å². The highest BCUT2D eigenvalue weighted by Gasteiger charge is 2.15. The van der Waals surface area contributed by atoms with Crippen LogP contribution in [0.15, 0.2) is 78.0 Å². The van der Waals surface area contributed by atoms with Crippen molar-refractivity contribution < 1.29 is 14.3 Å². The molecule has 4 aromatic rings. The molecule has 0 aliphatic carbocycles. The summed E-state index contributed by atoms with van der Waals surface area (Å²) in [6, 6.07) is 20.7. The maximum atomic E-state index is 12.4. The number of fused-ring (bicyclic) bond motifs is 1. The maximum absolute atomic E-state index is 12.4. The molecule has 160 valence electrons. The lowest BCUT2D eigenvalue weighted by Crippen LogP contribution is -2.26. The zero-order valence-corrected chi connectivity index (χ0v) is 17.6. The van der Waals surface area contributed by atoms with Gasteiger partial charge in [0.05, 0.1) is 17.0 Å². The fourth-order valence-electron chi connectivity index (χ4n) is 3.27. The van der Waals surface area contributed by atoms with Gasteiger partial charge in [-0.05, 0) is 13.0 Å². The number of benzene rings is 2.